The molecular weight excluding hydrogens is 401 g/mol. The van der Waals surface area contributed by atoms with Crippen LogP contribution in [-0.4, -0.2) is 25.5 Å². The van der Waals surface area contributed by atoms with Gasteiger partial charge in [0, 0.05) is 10.6 Å². The molecule has 0 radical (unpaired) electrons. The summed E-state index contributed by atoms with van der Waals surface area (Å²) in [5.41, 5.74) is 8.91. The summed E-state index contributed by atoms with van der Waals surface area (Å²) in [5, 5.41) is 4.44. The Labute approximate surface area is 174 Å². The second-order valence-electron chi connectivity index (χ2n) is 7.01. The molecule has 8 heteroatoms. The molecule has 2 amide bonds. The van der Waals surface area contributed by atoms with Crippen molar-refractivity contribution in [2.45, 2.75) is 26.2 Å². The zero-order valence-electron chi connectivity index (χ0n) is 16.0. The Balaban J connectivity index is 1.97. The molecule has 0 fully saturated rings. The molecule has 0 heterocycles. The van der Waals surface area contributed by atoms with Gasteiger partial charge in [-0.05, 0) is 35.2 Å². The molecule has 0 aliphatic heterocycles. The van der Waals surface area contributed by atoms with Crippen molar-refractivity contribution >= 4 is 35.4 Å². The minimum atomic E-state index is -0.780. The summed E-state index contributed by atoms with van der Waals surface area (Å²) >= 11 is 12.2. The number of halogens is 2. The summed E-state index contributed by atoms with van der Waals surface area (Å²) in [5.74, 6) is 1.14. The summed E-state index contributed by atoms with van der Waals surface area (Å²) in [6.07, 6.45) is 1.35. The fourth-order valence-corrected chi connectivity index (χ4v) is 2.91. The maximum absolute atomic E-state index is 10.7. The highest BCUT2D eigenvalue weighted by Gasteiger charge is 2.13. The van der Waals surface area contributed by atoms with E-state index in [1.807, 2.05) is 24.3 Å². The molecule has 0 saturated heterocycles. The minimum Gasteiger partial charge on any atom is -0.490 e. The molecule has 2 rings (SSSR count). The van der Waals surface area contributed by atoms with Gasteiger partial charge in [0.1, 0.15) is 24.7 Å². The largest absolute Gasteiger partial charge is 0.490 e. The van der Waals surface area contributed by atoms with Gasteiger partial charge in [-0.25, -0.2) is 10.2 Å². The summed E-state index contributed by atoms with van der Waals surface area (Å²) in [4.78, 5) is 10.7. The van der Waals surface area contributed by atoms with Gasteiger partial charge < -0.3 is 15.2 Å². The second-order valence-corrected chi connectivity index (χ2v) is 7.86. The van der Waals surface area contributed by atoms with Crippen molar-refractivity contribution in [1.82, 2.24) is 5.43 Å². The van der Waals surface area contributed by atoms with Crippen LogP contribution in [0.2, 0.25) is 10.0 Å². The quantitative estimate of drug-likeness (QED) is 0.382. The van der Waals surface area contributed by atoms with Gasteiger partial charge in [-0.3, -0.25) is 0 Å². The molecule has 0 aliphatic carbocycles. The number of carbonyl (C=O) groups is 1. The Hall–Kier alpha value is -2.44. The van der Waals surface area contributed by atoms with Gasteiger partial charge in [-0.2, -0.15) is 5.10 Å². The third-order valence-corrected chi connectivity index (χ3v) is 4.23. The molecule has 3 N–H and O–H groups in total. The van der Waals surface area contributed by atoms with Gasteiger partial charge in [0.15, 0.2) is 0 Å². The fourth-order valence-electron chi connectivity index (χ4n) is 2.35. The van der Waals surface area contributed by atoms with E-state index in [1.54, 1.807) is 12.1 Å². The topological polar surface area (TPSA) is 85.9 Å². The number of benzene rings is 2. The van der Waals surface area contributed by atoms with Gasteiger partial charge in [0.25, 0.3) is 0 Å². The number of urea groups is 1. The lowest BCUT2D eigenvalue weighted by molar-refractivity contribution is 0.217. The monoisotopic (exact) mass is 423 g/mol. The van der Waals surface area contributed by atoms with Crippen LogP contribution in [0, 0.1) is 0 Å². The first-order valence-electron chi connectivity index (χ1n) is 8.60. The zero-order valence-corrected chi connectivity index (χ0v) is 17.5. The highest BCUT2D eigenvalue weighted by molar-refractivity contribution is 6.36. The Morgan fingerprint density at radius 1 is 1.14 bits per heavy atom. The van der Waals surface area contributed by atoms with Gasteiger partial charge in [0.05, 0.1) is 11.2 Å². The summed E-state index contributed by atoms with van der Waals surface area (Å²) in [7, 11) is 0. The van der Waals surface area contributed by atoms with Crippen LogP contribution < -0.4 is 20.6 Å². The molecule has 2 aromatic rings. The van der Waals surface area contributed by atoms with Gasteiger partial charge in [-0.15, -0.1) is 0 Å². The predicted molar refractivity (Wildman–Crippen MR) is 113 cm³/mol. The van der Waals surface area contributed by atoms with E-state index < -0.39 is 6.03 Å². The normalized spacial score (nSPS) is 11.5. The molecule has 0 bridgehead atoms. The Morgan fingerprint density at radius 3 is 2.39 bits per heavy atom. The van der Waals surface area contributed by atoms with Crippen LogP contribution in [0.5, 0.6) is 11.5 Å². The van der Waals surface area contributed by atoms with E-state index >= 15 is 0 Å². The van der Waals surface area contributed by atoms with Crippen LogP contribution in [-0.2, 0) is 5.41 Å². The molecule has 2 aromatic carbocycles. The van der Waals surface area contributed by atoms with Crippen molar-refractivity contribution in [2.24, 2.45) is 10.8 Å². The maximum Gasteiger partial charge on any atom is 0.332 e. The number of nitrogens with zero attached hydrogens (tertiary/aromatic N) is 1. The summed E-state index contributed by atoms with van der Waals surface area (Å²) in [6, 6.07) is 10.4. The number of nitrogens with one attached hydrogen (secondary N) is 1. The SMILES string of the molecule is CC(C)(C)c1ccc(OCCOc2c(Cl)cc(Cl)cc2/C=N/NC(N)=O)cc1. The summed E-state index contributed by atoms with van der Waals surface area (Å²) in [6.45, 7) is 7.06. The van der Waals surface area contributed by atoms with Crippen molar-refractivity contribution in [3.8, 4) is 11.5 Å². The number of hydrogen-bond donors (Lipinski definition) is 2. The molecule has 0 spiro atoms. The molecule has 0 aromatic heterocycles. The number of hydrogen-bond acceptors (Lipinski definition) is 4. The predicted octanol–water partition coefficient (Wildman–Crippen LogP) is 4.75. The van der Waals surface area contributed by atoms with Crippen molar-refractivity contribution in [2.75, 3.05) is 13.2 Å². The third-order valence-electron chi connectivity index (χ3n) is 3.73. The highest BCUT2D eigenvalue weighted by Crippen LogP contribution is 2.31. The van der Waals surface area contributed by atoms with Gasteiger partial charge >= 0.3 is 6.03 Å². The van der Waals surface area contributed by atoms with Crippen molar-refractivity contribution < 1.29 is 14.3 Å². The first-order valence-corrected chi connectivity index (χ1v) is 9.36. The number of rotatable bonds is 7. The van der Waals surface area contributed by atoms with E-state index in [0.29, 0.717) is 28.0 Å². The number of nitrogens with two attached hydrogens (primary N) is 1. The Morgan fingerprint density at radius 2 is 1.79 bits per heavy atom. The zero-order chi connectivity index (χ0) is 20.7. The Bertz CT molecular complexity index is 847. The number of carbonyl (C=O) groups excluding carboxylic acids is 1. The van der Waals surface area contributed by atoms with E-state index in [9.17, 15) is 4.79 Å². The smallest absolute Gasteiger partial charge is 0.332 e. The van der Waals surface area contributed by atoms with E-state index in [2.05, 4.69) is 31.3 Å². The van der Waals surface area contributed by atoms with E-state index in [-0.39, 0.29) is 12.0 Å². The fraction of sp³-hybridized carbons (Fsp3) is 0.300. The van der Waals surface area contributed by atoms with Crippen molar-refractivity contribution in [3.63, 3.8) is 0 Å². The lowest BCUT2D eigenvalue weighted by atomic mass is 9.87. The van der Waals surface area contributed by atoms with E-state index in [1.165, 1.54) is 11.8 Å². The van der Waals surface area contributed by atoms with Crippen molar-refractivity contribution in [1.29, 1.82) is 0 Å². The van der Waals surface area contributed by atoms with Crippen LogP contribution in [0.3, 0.4) is 0 Å². The molecule has 28 heavy (non-hydrogen) atoms. The maximum atomic E-state index is 10.7. The van der Waals surface area contributed by atoms with Crippen LogP contribution in [0.4, 0.5) is 4.79 Å². The van der Waals surface area contributed by atoms with Crippen LogP contribution in [0.25, 0.3) is 0 Å². The standard InChI is InChI=1S/C20H23Cl2N3O3/c1-20(2,3)14-4-6-16(7-5-14)27-8-9-28-18-13(12-24-25-19(23)26)10-15(21)11-17(18)22/h4-7,10-12H,8-9H2,1-3H3,(H3,23,25,26)/b24-12+. The molecule has 0 unspecified atom stereocenters. The van der Waals surface area contributed by atoms with E-state index in [0.717, 1.165) is 5.75 Å². The highest BCUT2D eigenvalue weighted by atomic mass is 35.5. The Kier molecular flexibility index (Phi) is 7.54. The number of amides is 2. The van der Waals surface area contributed by atoms with Crippen LogP contribution in [0.15, 0.2) is 41.5 Å². The number of primary amides is 1. The molecule has 0 atom stereocenters. The first kappa shape index (κ1) is 21.9. The average molecular weight is 424 g/mol. The molecule has 150 valence electrons. The summed E-state index contributed by atoms with van der Waals surface area (Å²) < 4.78 is 11.4. The lowest BCUT2D eigenvalue weighted by Gasteiger charge is -2.19. The number of ether oxygens (including phenoxy) is 2. The lowest BCUT2D eigenvalue weighted by Crippen LogP contribution is -2.24. The second kappa shape index (κ2) is 9.66. The average Bonchev–Trinajstić information content (AvgIpc) is 2.59. The van der Waals surface area contributed by atoms with Crippen molar-refractivity contribution in [3.05, 3.63) is 57.6 Å². The van der Waals surface area contributed by atoms with Crippen LogP contribution >= 0.6 is 23.2 Å². The molecule has 0 aliphatic rings. The molecule has 6 nitrogen and oxygen atoms in total. The molecule has 0 saturated carbocycles. The molecular formula is C20H23Cl2N3O3. The van der Waals surface area contributed by atoms with Gasteiger partial charge in [0.2, 0.25) is 0 Å². The first-order chi connectivity index (χ1) is 13.2. The third kappa shape index (κ3) is 6.62. The van der Waals surface area contributed by atoms with Gasteiger partial charge in [-0.1, -0.05) is 56.1 Å². The number of hydrazone groups is 1. The van der Waals surface area contributed by atoms with Crippen LogP contribution in [0.1, 0.15) is 31.9 Å². The van der Waals surface area contributed by atoms with E-state index in [4.69, 9.17) is 38.4 Å². The minimum absolute atomic E-state index is 0.0916.